The summed E-state index contributed by atoms with van der Waals surface area (Å²) in [6.45, 7) is 0. The van der Waals surface area contributed by atoms with E-state index in [2.05, 4.69) is 31.9 Å². The Morgan fingerprint density at radius 1 is 1.30 bits per heavy atom. The number of furan rings is 1. The van der Waals surface area contributed by atoms with Crippen molar-refractivity contribution in [2.75, 3.05) is 7.11 Å². The first-order valence-electron chi connectivity index (χ1n) is 5.52. The highest BCUT2D eigenvalue weighted by atomic mass is 79.9. The summed E-state index contributed by atoms with van der Waals surface area (Å²) in [6, 6.07) is 7.34. The molecule has 2 aromatic rings. The van der Waals surface area contributed by atoms with Crippen LogP contribution in [0, 0.1) is 0 Å². The van der Waals surface area contributed by atoms with Gasteiger partial charge in [-0.1, -0.05) is 0 Å². The fraction of sp³-hybridized carbons (Fsp3) is 0.0714. The van der Waals surface area contributed by atoms with Crippen molar-refractivity contribution in [3.8, 4) is 17.1 Å². The van der Waals surface area contributed by atoms with Gasteiger partial charge in [0.05, 0.1) is 11.6 Å². The SMILES string of the molecule is COc1ccc(-c2oc(/C=C/C(=O)Cl)cc2Br)c(Br)c1. The van der Waals surface area contributed by atoms with Crippen molar-refractivity contribution < 1.29 is 13.9 Å². The standard InChI is InChI=1S/C14H9Br2ClO3/c1-19-8-2-4-10(11(15)6-8)14-12(16)7-9(20-14)3-5-13(17)18/h2-7H,1H3/b5-3+. The molecule has 0 bridgehead atoms. The molecule has 0 amide bonds. The summed E-state index contributed by atoms with van der Waals surface area (Å²) < 4.78 is 12.5. The quantitative estimate of drug-likeness (QED) is 0.500. The molecule has 3 nitrogen and oxygen atoms in total. The van der Waals surface area contributed by atoms with E-state index in [0.29, 0.717) is 11.5 Å². The van der Waals surface area contributed by atoms with Gasteiger partial charge >= 0.3 is 0 Å². The third-order valence-electron chi connectivity index (χ3n) is 2.51. The van der Waals surface area contributed by atoms with Crippen LogP contribution in [0.4, 0.5) is 0 Å². The van der Waals surface area contributed by atoms with Crippen molar-refractivity contribution in [1.29, 1.82) is 0 Å². The Morgan fingerprint density at radius 2 is 2.05 bits per heavy atom. The van der Waals surface area contributed by atoms with Crippen molar-refractivity contribution in [3.05, 3.63) is 45.0 Å². The monoisotopic (exact) mass is 418 g/mol. The summed E-state index contributed by atoms with van der Waals surface area (Å²) in [5.74, 6) is 1.93. The topological polar surface area (TPSA) is 39.4 Å². The average molecular weight is 420 g/mol. The molecule has 2 rings (SSSR count). The first-order chi connectivity index (χ1) is 9.51. The van der Waals surface area contributed by atoms with Crippen molar-refractivity contribution in [2.24, 2.45) is 0 Å². The molecule has 0 unspecified atom stereocenters. The maximum Gasteiger partial charge on any atom is 0.245 e. The maximum absolute atomic E-state index is 10.7. The van der Waals surface area contributed by atoms with Crippen LogP contribution in [-0.4, -0.2) is 12.4 Å². The van der Waals surface area contributed by atoms with Crippen LogP contribution in [0.5, 0.6) is 5.75 Å². The molecule has 0 radical (unpaired) electrons. The number of methoxy groups -OCH3 is 1. The van der Waals surface area contributed by atoms with Gasteiger partial charge in [0, 0.05) is 16.1 Å². The molecule has 20 heavy (non-hydrogen) atoms. The summed E-state index contributed by atoms with van der Waals surface area (Å²) in [7, 11) is 1.61. The van der Waals surface area contributed by atoms with Gasteiger partial charge in [0.25, 0.3) is 0 Å². The fourth-order valence-electron chi connectivity index (χ4n) is 1.61. The van der Waals surface area contributed by atoms with Gasteiger partial charge in [-0.05, 0) is 73.8 Å². The molecule has 0 atom stereocenters. The molecule has 6 heteroatoms. The largest absolute Gasteiger partial charge is 0.497 e. The highest BCUT2D eigenvalue weighted by Crippen LogP contribution is 2.37. The molecule has 1 aromatic heterocycles. The Labute approximate surface area is 137 Å². The second-order valence-corrected chi connectivity index (χ2v) is 5.89. The van der Waals surface area contributed by atoms with Gasteiger partial charge in [-0.2, -0.15) is 0 Å². The number of rotatable bonds is 4. The van der Waals surface area contributed by atoms with Gasteiger partial charge in [-0.3, -0.25) is 4.79 Å². The molecular weight excluding hydrogens is 411 g/mol. The molecule has 0 aliphatic rings. The van der Waals surface area contributed by atoms with Crippen LogP contribution >= 0.6 is 43.5 Å². The number of hydrogen-bond donors (Lipinski definition) is 0. The molecule has 104 valence electrons. The Morgan fingerprint density at radius 3 is 2.65 bits per heavy atom. The predicted molar refractivity (Wildman–Crippen MR) is 86.0 cm³/mol. The van der Waals surface area contributed by atoms with Gasteiger partial charge in [0.2, 0.25) is 5.24 Å². The molecular formula is C14H9Br2ClO3. The van der Waals surface area contributed by atoms with Gasteiger partial charge in [0.15, 0.2) is 0 Å². The van der Waals surface area contributed by atoms with Gasteiger partial charge in [-0.15, -0.1) is 0 Å². The van der Waals surface area contributed by atoms with E-state index in [0.717, 1.165) is 20.3 Å². The number of carbonyl (C=O) groups excluding carboxylic acids is 1. The summed E-state index contributed by atoms with van der Waals surface area (Å²) in [4.78, 5) is 10.7. The van der Waals surface area contributed by atoms with E-state index < -0.39 is 5.24 Å². The maximum atomic E-state index is 10.7. The Kier molecular flexibility index (Phi) is 5.07. The van der Waals surface area contributed by atoms with Gasteiger partial charge in [0.1, 0.15) is 17.3 Å². The molecule has 0 aliphatic heterocycles. The van der Waals surface area contributed by atoms with E-state index in [-0.39, 0.29) is 0 Å². The fourth-order valence-corrected chi connectivity index (χ4v) is 2.73. The lowest BCUT2D eigenvalue weighted by Gasteiger charge is -2.05. The van der Waals surface area contributed by atoms with E-state index >= 15 is 0 Å². The molecule has 0 fully saturated rings. The van der Waals surface area contributed by atoms with Crippen molar-refractivity contribution >= 4 is 54.8 Å². The average Bonchev–Trinajstić information content (AvgIpc) is 2.77. The Balaban J connectivity index is 2.40. The van der Waals surface area contributed by atoms with Crippen LogP contribution in [0.15, 0.2) is 43.7 Å². The normalized spacial score (nSPS) is 11.0. The highest BCUT2D eigenvalue weighted by Gasteiger charge is 2.13. The molecule has 1 aromatic carbocycles. The summed E-state index contributed by atoms with van der Waals surface area (Å²) >= 11 is 12.2. The lowest BCUT2D eigenvalue weighted by Crippen LogP contribution is -1.84. The summed E-state index contributed by atoms with van der Waals surface area (Å²) in [6.07, 6.45) is 2.75. The minimum Gasteiger partial charge on any atom is -0.497 e. The van der Waals surface area contributed by atoms with Gasteiger partial charge in [-0.25, -0.2) is 0 Å². The third-order valence-corrected chi connectivity index (χ3v) is 3.88. The number of benzene rings is 1. The van der Waals surface area contributed by atoms with Crippen molar-refractivity contribution in [2.45, 2.75) is 0 Å². The molecule has 0 spiro atoms. The van der Waals surface area contributed by atoms with E-state index in [1.165, 1.54) is 12.2 Å². The van der Waals surface area contributed by atoms with Crippen LogP contribution in [0.1, 0.15) is 5.76 Å². The molecule has 0 N–H and O–H groups in total. The number of halogens is 3. The first-order valence-corrected chi connectivity index (χ1v) is 7.48. The van der Waals surface area contributed by atoms with E-state index in [4.69, 9.17) is 20.8 Å². The third kappa shape index (κ3) is 3.53. The molecule has 0 aliphatic carbocycles. The van der Waals surface area contributed by atoms with Crippen molar-refractivity contribution in [3.63, 3.8) is 0 Å². The Bertz CT molecular complexity index is 677. The smallest absolute Gasteiger partial charge is 0.245 e. The zero-order chi connectivity index (χ0) is 14.7. The minimum atomic E-state index is -0.551. The first kappa shape index (κ1) is 15.4. The van der Waals surface area contributed by atoms with Crippen LogP contribution in [0.25, 0.3) is 17.4 Å². The summed E-state index contributed by atoms with van der Waals surface area (Å²) in [5.41, 5.74) is 0.870. The summed E-state index contributed by atoms with van der Waals surface area (Å²) in [5, 5.41) is -0.551. The van der Waals surface area contributed by atoms with Gasteiger partial charge < -0.3 is 9.15 Å². The molecule has 0 saturated carbocycles. The number of carbonyl (C=O) groups is 1. The van der Waals surface area contributed by atoms with E-state index in [1.807, 2.05) is 18.2 Å². The Hall–Kier alpha value is -1.04. The zero-order valence-electron chi connectivity index (χ0n) is 10.3. The zero-order valence-corrected chi connectivity index (χ0v) is 14.3. The van der Waals surface area contributed by atoms with Crippen LogP contribution in [0.3, 0.4) is 0 Å². The van der Waals surface area contributed by atoms with E-state index in [9.17, 15) is 4.79 Å². The second kappa shape index (κ2) is 6.61. The lowest BCUT2D eigenvalue weighted by atomic mass is 10.2. The highest BCUT2D eigenvalue weighted by molar-refractivity contribution is 9.11. The van der Waals surface area contributed by atoms with E-state index in [1.54, 1.807) is 13.2 Å². The second-order valence-electron chi connectivity index (χ2n) is 3.81. The van der Waals surface area contributed by atoms with Crippen molar-refractivity contribution in [1.82, 2.24) is 0 Å². The van der Waals surface area contributed by atoms with Crippen LogP contribution in [0.2, 0.25) is 0 Å². The number of ether oxygens (including phenoxy) is 1. The number of allylic oxidation sites excluding steroid dienone is 1. The van der Waals surface area contributed by atoms with Crippen LogP contribution < -0.4 is 4.74 Å². The molecule has 1 heterocycles. The van der Waals surface area contributed by atoms with Crippen LogP contribution in [-0.2, 0) is 4.79 Å². The number of hydrogen-bond acceptors (Lipinski definition) is 3. The molecule has 0 saturated heterocycles. The minimum absolute atomic E-state index is 0.531. The lowest BCUT2D eigenvalue weighted by molar-refractivity contribution is -0.107. The predicted octanol–water partition coefficient (Wildman–Crippen LogP) is 5.26.